The molecule has 3 rings (SSSR count). The summed E-state index contributed by atoms with van der Waals surface area (Å²) in [6.45, 7) is 5.83. The molecular formula is C20H26N4O3. The van der Waals surface area contributed by atoms with Crippen LogP contribution in [0.1, 0.15) is 53.5 Å². The Morgan fingerprint density at radius 3 is 2.74 bits per heavy atom. The van der Waals surface area contributed by atoms with Crippen LogP contribution in [0.25, 0.3) is 0 Å². The van der Waals surface area contributed by atoms with Gasteiger partial charge in [-0.05, 0) is 45.2 Å². The monoisotopic (exact) mass is 370 g/mol. The van der Waals surface area contributed by atoms with Gasteiger partial charge in [-0.25, -0.2) is 4.98 Å². The van der Waals surface area contributed by atoms with Crippen LogP contribution in [-0.2, 0) is 13.0 Å². The van der Waals surface area contributed by atoms with Gasteiger partial charge in [-0.1, -0.05) is 6.07 Å². The summed E-state index contributed by atoms with van der Waals surface area (Å²) >= 11 is 0. The van der Waals surface area contributed by atoms with Crippen molar-refractivity contribution in [3.8, 4) is 5.75 Å². The number of aromatic nitrogens is 2. The molecule has 1 aliphatic heterocycles. The normalized spacial score (nSPS) is 13.0. The summed E-state index contributed by atoms with van der Waals surface area (Å²) in [7, 11) is 1.58. The molecule has 0 aliphatic carbocycles. The number of imidazole rings is 1. The van der Waals surface area contributed by atoms with E-state index in [0.29, 0.717) is 36.0 Å². The van der Waals surface area contributed by atoms with E-state index >= 15 is 0 Å². The van der Waals surface area contributed by atoms with Gasteiger partial charge in [-0.15, -0.1) is 0 Å². The third-order valence-electron chi connectivity index (χ3n) is 4.90. The van der Waals surface area contributed by atoms with Crippen molar-refractivity contribution in [2.24, 2.45) is 0 Å². The van der Waals surface area contributed by atoms with Gasteiger partial charge in [-0.2, -0.15) is 0 Å². The van der Waals surface area contributed by atoms with Gasteiger partial charge in [0.2, 0.25) is 0 Å². The molecule has 27 heavy (non-hydrogen) atoms. The third kappa shape index (κ3) is 3.82. The van der Waals surface area contributed by atoms with Crippen molar-refractivity contribution >= 4 is 17.5 Å². The van der Waals surface area contributed by atoms with Crippen LogP contribution in [0.4, 0.5) is 5.69 Å². The molecule has 2 amide bonds. The molecule has 0 atom stereocenters. The van der Waals surface area contributed by atoms with Crippen LogP contribution in [0.2, 0.25) is 0 Å². The molecule has 7 heteroatoms. The number of hydrogen-bond donors (Lipinski definition) is 1. The maximum Gasteiger partial charge on any atom is 0.289 e. The Bertz CT molecular complexity index is 840. The van der Waals surface area contributed by atoms with Gasteiger partial charge in [0.15, 0.2) is 11.5 Å². The lowest BCUT2D eigenvalue weighted by Crippen LogP contribution is -2.33. The van der Waals surface area contributed by atoms with Crippen molar-refractivity contribution in [3.05, 3.63) is 41.5 Å². The molecular weight excluding hydrogens is 344 g/mol. The molecule has 0 bridgehead atoms. The average molecular weight is 370 g/mol. The predicted molar refractivity (Wildman–Crippen MR) is 103 cm³/mol. The van der Waals surface area contributed by atoms with Crippen molar-refractivity contribution in [2.75, 3.05) is 25.5 Å². The zero-order valence-corrected chi connectivity index (χ0v) is 16.1. The third-order valence-corrected chi connectivity index (χ3v) is 4.90. The Labute approximate surface area is 159 Å². The second-order valence-corrected chi connectivity index (χ2v) is 6.50. The minimum Gasteiger partial charge on any atom is -0.497 e. The van der Waals surface area contributed by atoms with E-state index < -0.39 is 0 Å². The molecule has 1 N–H and O–H groups in total. The van der Waals surface area contributed by atoms with Crippen LogP contribution < -0.4 is 10.1 Å². The lowest BCUT2D eigenvalue weighted by molar-refractivity contribution is 0.0754. The molecule has 1 aromatic heterocycles. The quantitative estimate of drug-likeness (QED) is 0.848. The predicted octanol–water partition coefficient (Wildman–Crippen LogP) is 2.96. The Morgan fingerprint density at radius 2 is 2.04 bits per heavy atom. The van der Waals surface area contributed by atoms with Crippen LogP contribution in [0.5, 0.6) is 5.75 Å². The summed E-state index contributed by atoms with van der Waals surface area (Å²) in [6, 6.07) is 7.18. The first-order valence-electron chi connectivity index (χ1n) is 9.43. The van der Waals surface area contributed by atoms with Gasteiger partial charge in [-0.3, -0.25) is 9.59 Å². The van der Waals surface area contributed by atoms with E-state index in [1.54, 1.807) is 24.1 Å². The number of rotatable bonds is 6. The maximum absolute atomic E-state index is 12.9. The Morgan fingerprint density at radius 1 is 1.26 bits per heavy atom. The lowest BCUT2D eigenvalue weighted by atomic mass is 10.1. The molecule has 0 saturated carbocycles. The summed E-state index contributed by atoms with van der Waals surface area (Å²) in [6.07, 6.45) is 2.72. The zero-order valence-electron chi connectivity index (χ0n) is 16.1. The molecule has 0 saturated heterocycles. The summed E-state index contributed by atoms with van der Waals surface area (Å²) in [5.74, 6) is 0.609. The number of ether oxygens (including phenoxy) is 1. The highest BCUT2D eigenvalue weighted by Crippen LogP contribution is 2.24. The number of nitrogens with zero attached hydrogens (tertiary/aromatic N) is 3. The van der Waals surface area contributed by atoms with Crippen molar-refractivity contribution < 1.29 is 14.3 Å². The fraction of sp³-hybridized carbons (Fsp3) is 0.450. The van der Waals surface area contributed by atoms with E-state index in [2.05, 4.69) is 10.3 Å². The first-order valence-corrected chi connectivity index (χ1v) is 9.43. The molecule has 0 spiro atoms. The Balaban J connectivity index is 1.93. The maximum atomic E-state index is 12.9. The van der Waals surface area contributed by atoms with Crippen LogP contribution in [0, 0.1) is 0 Å². The molecule has 1 aliphatic rings. The van der Waals surface area contributed by atoms with Gasteiger partial charge in [0.25, 0.3) is 11.8 Å². The summed E-state index contributed by atoms with van der Waals surface area (Å²) in [4.78, 5) is 31.9. The number of carbonyl (C=O) groups is 2. The van der Waals surface area contributed by atoms with Crippen LogP contribution >= 0.6 is 0 Å². The van der Waals surface area contributed by atoms with Gasteiger partial charge >= 0.3 is 0 Å². The Hall–Kier alpha value is -2.83. The second kappa shape index (κ2) is 8.24. The van der Waals surface area contributed by atoms with Gasteiger partial charge in [0, 0.05) is 31.4 Å². The van der Waals surface area contributed by atoms with Crippen molar-refractivity contribution in [2.45, 2.75) is 39.7 Å². The van der Waals surface area contributed by atoms with E-state index in [9.17, 15) is 9.59 Å². The average Bonchev–Trinajstić information content (AvgIpc) is 3.09. The summed E-state index contributed by atoms with van der Waals surface area (Å²) in [5, 5.41) is 2.87. The fourth-order valence-electron chi connectivity index (χ4n) is 3.43. The second-order valence-electron chi connectivity index (χ2n) is 6.50. The van der Waals surface area contributed by atoms with E-state index in [1.165, 1.54) is 0 Å². The van der Waals surface area contributed by atoms with Crippen molar-refractivity contribution in [1.82, 2.24) is 14.5 Å². The number of methoxy groups -OCH3 is 1. The highest BCUT2D eigenvalue weighted by atomic mass is 16.5. The van der Waals surface area contributed by atoms with Gasteiger partial charge in [0.05, 0.1) is 12.8 Å². The molecule has 2 aromatic rings. The molecule has 144 valence electrons. The largest absolute Gasteiger partial charge is 0.497 e. The lowest BCUT2D eigenvalue weighted by Gasteiger charge is -2.21. The minimum atomic E-state index is -0.299. The van der Waals surface area contributed by atoms with Crippen LogP contribution in [-0.4, -0.2) is 46.5 Å². The molecule has 7 nitrogen and oxygen atoms in total. The van der Waals surface area contributed by atoms with Crippen molar-refractivity contribution in [1.29, 1.82) is 0 Å². The number of nitrogens with one attached hydrogen (secondary N) is 1. The summed E-state index contributed by atoms with van der Waals surface area (Å²) in [5.41, 5.74) is 1.82. The highest BCUT2D eigenvalue weighted by Gasteiger charge is 2.29. The number of amides is 2. The molecule has 2 heterocycles. The zero-order chi connectivity index (χ0) is 19.4. The Kier molecular flexibility index (Phi) is 5.78. The number of hydrogen-bond acceptors (Lipinski definition) is 4. The topological polar surface area (TPSA) is 76.5 Å². The smallest absolute Gasteiger partial charge is 0.289 e. The fourth-order valence-corrected chi connectivity index (χ4v) is 3.43. The first kappa shape index (κ1) is 18.9. The number of anilines is 1. The number of carbonyl (C=O) groups excluding carboxylic acids is 2. The SMILES string of the molecule is CCN(CC)C(=O)c1nc(C(=O)Nc2cccc(OC)c2)c2n1CCCC2. The summed E-state index contributed by atoms with van der Waals surface area (Å²) < 4.78 is 7.12. The standard InChI is InChI=1S/C20H26N4O3/c1-4-23(5-2)20(26)18-22-17(16-11-6-7-12-24(16)18)19(25)21-14-9-8-10-15(13-14)27-3/h8-10,13H,4-7,11-12H2,1-3H3,(H,21,25). The van der Waals surface area contributed by atoms with E-state index in [-0.39, 0.29) is 11.8 Å². The molecule has 0 unspecified atom stereocenters. The van der Waals surface area contributed by atoms with Crippen molar-refractivity contribution in [3.63, 3.8) is 0 Å². The molecule has 0 radical (unpaired) electrons. The van der Waals surface area contributed by atoms with Gasteiger partial charge in [0.1, 0.15) is 5.75 Å². The minimum absolute atomic E-state index is 0.122. The molecule has 1 aromatic carbocycles. The first-order chi connectivity index (χ1) is 13.1. The highest BCUT2D eigenvalue weighted by molar-refractivity contribution is 6.05. The number of benzene rings is 1. The van der Waals surface area contributed by atoms with E-state index in [0.717, 1.165) is 31.5 Å². The van der Waals surface area contributed by atoms with E-state index in [1.807, 2.05) is 30.5 Å². The number of fused-ring (bicyclic) bond motifs is 1. The van der Waals surface area contributed by atoms with E-state index in [4.69, 9.17) is 4.74 Å². The van der Waals surface area contributed by atoms with Crippen LogP contribution in [0.15, 0.2) is 24.3 Å². The van der Waals surface area contributed by atoms with Crippen LogP contribution in [0.3, 0.4) is 0 Å². The molecule has 0 fully saturated rings. The van der Waals surface area contributed by atoms with Gasteiger partial charge < -0.3 is 19.5 Å².